The summed E-state index contributed by atoms with van der Waals surface area (Å²) in [4.78, 5) is 16.1. The molecule has 7 heteroatoms. The number of rotatable bonds is 3. The number of nitrogens with zero attached hydrogens (tertiary/aromatic N) is 2. The Kier molecular flexibility index (Phi) is 3.66. The van der Waals surface area contributed by atoms with Crippen LogP contribution in [0.15, 0.2) is 22.7 Å². The van der Waals surface area contributed by atoms with Crippen LogP contribution >= 0.6 is 0 Å². The number of nitrogens with one attached hydrogen (secondary N) is 2. The van der Waals surface area contributed by atoms with Gasteiger partial charge < -0.3 is 15.2 Å². The quantitative estimate of drug-likeness (QED) is 0.905. The third-order valence-electron chi connectivity index (χ3n) is 3.38. The van der Waals surface area contributed by atoms with E-state index in [2.05, 4.69) is 20.8 Å². The molecule has 0 saturated carbocycles. The van der Waals surface area contributed by atoms with Crippen molar-refractivity contribution in [3.05, 3.63) is 41.3 Å². The Morgan fingerprint density at radius 2 is 2.38 bits per heavy atom. The molecule has 3 rings (SSSR count). The van der Waals surface area contributed by atoms with Gasteiger partial charge in [-0.15, -0.1) is 0 Å². The monoisotopic (exact) mass is 290 g/mol. The Morgan fingerprint density at radius 1 is 1.52 bits per heavy atom. The zero-order chi connectivity index (χ0) is 14.8. The Morgan fingerprint density at radius 3 is 3.10 bits per heavy atom. The zero-order valence-electron chi connectivity index (χ0n) is 11.5. The number of carbonyl (C=O) groups is 1. The van der Waals surface area contributed by atoms with E-state index in [1.54, 1.807) is 13.0 Å². The molecule has 0 aliphatic carbocycles. The van der Waals surface area contributed by atoms with E-state index in [-0.39, 0.29) is 17.6 Å². The van der Waals surface area contributed by atoms with Crippen molar-refractivity contribution in [2.24, 2.45) is 0 Å². The summed E-state index contributed by atoms with van der Waals surface area (Å²) in [7, 11) is 0. The van der Waals surface area contributed by atoms with E-state index in [4.69, 9.17) is 4.52 Å². The van der Waals surface area contributed by atoms with E-state index >= 15 is 0 Å². The molecule has 110 valence electrons. The first kappa shape index (κ1) is 13.7. The van der Waals surface area contributed by atoms with Crippen LogP contribution in [0.4, 0.5) is 10.1 Å². The molecule has 2 heterocycles. The van der Waals surface area contributed by atoms with Gasteiger partial charge in [-0.25, -0.2) is 4.39 Å². The van der Waals surface area contributed by atoms with Gasteiger partial charge in [0.25, 0.3) is 11.7 Å². The fourth-order valence-corrected chi connectivity index (χ4v) is 2.26. The lowest BCUT2D eigenvalue weighted by molar-refractivity contribution is 0.101. The van der Waals surface area contributed by atoms with Crippen LogP contribution in [-0.4, -0.2) is 22.6 Å². The Balaban J connectivity index is 1.73. The lowest BCUT2D eigenvalue weighted by Crippen LogP contribution is -2.16. The molecule has 2 aromatic rings. The molecule has 1 aliphatic rings. The summed E-state index contributed by atoms with van der Waals surface area (Å²) >= 11 is 0. The summed E-state index contributed by atoms with van der Waals surface area (Å²) in [5, 5.41) is 9.28. The molecule has 1 amide bonds. The summed E-state index contributed by atoms with van der Waals surface area (Å²) < 4.78 is 18.8. The summed E-state index contributed by atoms with van der Waals surface area (Å²) in [5.74, 6) is -0.795. The minimum atomic E-state index is -0.592. The summed E-state index contributed by atoms with van der Waals surface area (Å²) in [6.07, 6.45) is 1.93. The molecule has 1 fully saturated rings. The van der Waals surface area contributed by atoms with Crippen LogP contribution in [-0.2, 0) is 0 Å². The van der Waals surface area contributed by atoms with E-state index < -0.39 is 11.7 Å². The van der Waals surface area contributed by atoms with Crippen molar-refractivity contribution in [1.82, 2.24) is 15.5 Å². The predicted molar refractivity (Wildman–Crippen MR) is 73.4 cm³/mol. The van der Waals surface area contributed by atoms with Gasteiger partial charge in [0.2, 0.25) is 5.89 Å². The highest BCUT2D eigenvalue weighted by atomic mass is 19.1. The number of halogens is 1. The molecule has 0 bridgehead atoms. The second-order valence-electron chi connectivity index (χ2n) is 5.04. The van der Waals surface area contributed by atoms with E-state index in [0.717, 1.165) is 24.9 Å². The maximum Gasteiger partial charge on any atom is 0.297 e. The van der Waals surface area contributed by atoms with Crippen molar-refractivity contribution in [2.45, 2.75) is 25.8 Å². The normalized spacial score (nSPS) is 17.9. The highest BCUT2D eigenvalue weighted by Crippen LogP contribution is 2.21. The number of aromatic nitrogens is 2. The van der Waals surface area contributed by atoms with Crippen LogP contribution in [0.3, 0.4) is 0 Å². The van der Waals surface area contributed by atoms with Gasteiger partial charge >= 0.3 is 0 Å². The SMILES string of the molecule is Cc1ccc(NC(=O)c2noc(C3CCCN3)n2)c(F)c1. The first-order valence-electron chi connectivity index (χ1n) is 6.78. The third-order valence-corrected chi connectivity index (χ3v) is 3.38. The average molecular weight is 290 g/mol. The van der Waals surface area contributed by atoms with E-state index in [1.807, 2.05) is 0 Å². The maximum atomic E-state index is 13.7. The van der Waals surface area contributed by atoms with Crippen molar-refractivity contribution in [3.63, 3.8) is 0 Å². The van der Waals surface area contributed by atoms with E-state index in [0.29, 0.717) is 5.89 Å². The van der Waals surface area contributed by atoms with Gasteiger partial charge in [0, 0.05) is 0 Å². The van der Waals surface area contributed by atoms with E-state index in [1.165, 1.54) is 12.1 Å². The van der Waals surface area contributed by atoms with Gasteiger partial charge in [-0.1, -0.05) is 11.2 Å². The first-order valence-corrected chi connectivity index (χ1v) is 6.78. The minimum absolute atomic E-state index is 0.00448. The van der Waals surface area contributed by atoms with Crippen molar-refractivity contribution in [1.29, 1.82) is 0 Å². The number of hydrogen-bond donors (Lipinski definition) is 2. The van der Waals surface area contributed by atoms with Gasteiger partial charge in [0.15, 0.2) is 0 Å². The van der Waals surface area contributed by atoms with Crippen molar-refractivity contribution in [2.75, 3.05) is 11.9 Å². The van der Waals surface area contributed by atoms with Crippen LogP contribution in [0, 0.1) is 12.7 Å². The van der Waals surface area contributed by atoms with Crippen LogP contribution in [0.2, 0.25) is 0 Å². The standard InChI is InChI=1S/C14H15FN4O2/c1-8-4-5-10(9(15)7-8)17-13(20)12-18-14(21-19-12)11-3-2-6-16-11/h4-5,7,11,16H,2-3,6H2,1H3,(H,17,20). The lowest BCUT2D eigenvalue weighted by atomic mass is 10.2. The molecule has 0 spiro atoms. The van der Waals surface area contributed by atoms with Gasteiger partial charge in [-0.3, -0.25) is 4.79 Å². The minimum Gasteiger partial charge on any atom is -0.337 e. The molecule has 0 radical (unpaired) electrons. The first-order chi connectivity index (χ1) is 10.1. The smallest absolute Gasteiger partial charge is 0.297 e. The molecule has 1 atom stereocenters. The largest absolute Gasteiger partial charge is 0.337 e. The van der Waals surface area contributed by atoms with Crippen LogP contribution in [0.1, 0.15) is 41.0 Å². The summed E-state index contributed by atoms with van der Waals surface area (Å²) in [6, 6.07) is 4.56. The Labute approximate surface area is 120 Å². The maximum absolute atomic E-state index is 13.7. The van der Waals surface area contributed by atoms with Crippen molar-refractivity contribution in [3.8, 4) is 0 Å². The van der Waals surface area contributed by atoms with Crippen molar-refractivity contribution >= 4 is 11.6 Å². The lowest BCUT2D eigenvalue weighted by Gasteiger charge is -2.04. The second kappa shape index (κ2) is 5.61. The van der Waals surface area contributed by atoms with Gasteiger partial charge in [0.1, 0.15) is 5.82 Å². The van der Waals surface area contributed by atoms with Crippen LogP contribution in [0.5, 0.6) is 0 Å². The predicted octanol–water partition coefficient (Wildman–Crippen LogP) is 2.19. The molecule has 1 saturated heterocycles. The van der Waals surface area contributed by atoms with Gasteiger partial charge in [-0.2, -0.15) is 4.98 Å². The topological polar surface area (TPSA) is 80.0 Å². The fraction of sp³-hybridized carbons (Fsp3) is 0.357. The van der Waals surface area contributed by atoms with Crippen molar-refractivity contribution < 1.29 is 13.7 Å². The molecule has 2 N–H and O–H groups in total. The number of hydrogen-bond acceptors (Lipinski definition) is 5. The fourth-order valence-electron chi connectivity index (χ4n) is 2.26. The second-order valence-corrected chi connectivity index (χ2v) is 5.04. The summed E-state index contributed by atoms with van der Waals surface area (Å²) in [6.45, 7) is 2.66. The van der Waals surface area contributed by atoms with Gasteiger partial charge in [0.05, 0.1) is 11.7 Å². The van der Waals surface area contributed by atoms with E-state index in [9.17, 15) is 9.18 Å². The molecule has 1 unspecified atom stereocenters. The van der Waals surface area contributed by atoms with Crippen LogP contribution in [0.25, 0.3) is 0 Å². The zero-order valence-corrected chi connectivity index (χ0v) is 11.5. The number of benzene rings is 1. The molecular formula is C14H15FN4O2. The Bertz CT molecular complexity index is 665. The molecule has 6 nitrogen and oxygen atoms in total. The van der Waals surface area contributed by atoms with Gasteiger partial charge in [-0.05, 0) is 44.0 Å². The number of carbonyl (C=O) groups excluding carboxylic acids is 1. The molecule has 1 aliphatic heterocycles. The third kappa shape index (κ3) is 2.92. The number of aryl methyl sites for hydroxylation is 1. The Hall–Kier alpha value is -2.28. The van der Waals surface area contributed by atoms with Crippen LogP contribution < -0.4 is 10.6 Å². The molecule has 21 heavy (non-hydrogen) atoms. The molecule has 1 aromatic heterocycles. The summed E-state index contributed by atoms with van der Waals surface area (Å²) in [5.41, 5.74) is 0.871. The highest BCUT2D eigenvalue weighted by molar-refractivity contribution is 6.01. The highest BCUT2D eigenvalue weighted by Gasteiger charge is 2.24. The molecular weight excluding hydrogens is 275 g/mol. The number of anilines is 1. The molecule has 1 aromatic carbocycles. The number of amides is 1. The average Bonchev–Trinajstić information content (AvgIpc) is 3.10.